The minimum Gasteiger partial charge on any atom is -0.0654 e. The Kier molecular flexibility index (Phi) is 16.0. The maximum atomic E-state index is 2.50. The summed E-state index contributed by atoms with van der Waals surface area (Å²) in [5, 5.41) is 0. The fraction of sp³-hybridized carbons (Fsp3) is 1.00. The first-order valence-electron chi connectivity index (χ1n) is 12.3. The molecule has 0 bridgehead atoms. The Labute approximate surface area is 168 Å². The predicted molar refractivity (Wildman–Crippen MR) is 122 cm³/mol. The lowest BCUT2D eigenvalue weighted by atomic mass is 9.81. The van der Waals surface area contributed by atoms with Crippen LogP contribution in [-0.4, -0.2) is 0 Å². The molecule has 0 heterocycles. The third-order valence-corrected chi connectivity index (χ3v) is 5.99. The highest BCUT2D eigenvalue weighted by molar-refractivity contribution is 4.69. The first-order valence-corrected chi connectivity index (χ1v) is 12.3. The Balaban J connectivity index is 3.37. The largest absolute Gasteiger partial charge is 0.0654 e. The Morgan fingerprint density at radius 3 is 1.04 bits per heavy atom. The van der Waals surface area contributed by atoms with Gasteiger partial charge in [-0.15, -0.1) is 0 Å². The van der Waals surface area contributed by atoms with Gasteiger partial charge in [-0.2, -0.15) is 0 Å². The second kappa shape index (κ2) is 16.0. The summed E-state index contributed by atoms with van der Waals surface area (Å²) in [6.07, 6.45) is 26.0. The highest BCUT2D eigenvalue weighted by Gasteiger charge is 2.16. The van der Waals surface area contributed by atoms with Gasteiger partial charge in [-0.05, 0) is 30.1 Å². The van der Waals surface area contributed by atoms with Gasteiger partial charge in [0.2, 0.25) is 0 Å². The minimum absolute atomic E-state index is 0.530. The molecule has 0 heteroatoms. The Morgan fingerprint density at radius 1 is 0.385 bits per heavy atom. The molecule has 0 saturated carbocycles. The molecule has 26 heavy (non-hydrogen) atoms. The lowest BCUT2D eigenvalue weighted by Gasteiger charge is -2.24. The first kappa shape index (κ1) is 26.0. The second-order valence-electron chi connectivity index (χ2n) is 10.9. The molecule has 0 rings (SSSR count). The van der Waals surface area contributed by atoms with Gasteiger partial charge in [-0.1, -0.05) is 138 Å². The molecule has 0 radical (unpaired) electrons. The van der Waals surface area contributed by atoms with Crippen molar-refractivity contribution in [3.8, 4) is 0 Å². The molecule has 0 aliphatic rings. The zero-order valence-corrected chi connectivity index (χ0v) is 19.7. The van der Waals surface area contributed by atoms with Crippen molar-refractivity contribution in [1.82, 2.24) is 0 Å². The van der Waals surface area contributed by atoms with Crippen molar-refractivity contribution in [2.75, 3.05) is 0 Å². The average molecular weight is 367 g/mol. The third kappa shape index (κ3) is 20.3. The van der Waals surface area contributed by atoms with Crippen LogP contribution in [-0.2, 0) is 0 Å². The fourth-order valence-electron chi connectivity index (χ4n) is 4.01. The van der Waals surface area contributed by atoms with Crippen LogP contribution in [0, 0.1) is 10.8 Å². The van der Waals surface area contributed by atoms with Crippen LogP contribution in [0.15, 0.2) is 0 Å². The van der Waals surface area contributed by atoms with Crippen LogP contribution >= 0.6 is 0 Å². The van der Waals surface area contributed by atoms with Gasteiger partial charge in [0, 0.05) is 0 Å². The summed E-state index contributed by atoms with van der Waals surface area (Å²) in [5.41, 5.74) is 1.11. The lowest BCUT2D eigenvalue weighted by molar-refractivity contribution is 0.282. The van der Waals surface area contributed by atoms with E-state index in [-0.39, 0.29) is 0 Å². The Hall–Kier alpha value is 0. The molecule has 0 aromatic carbocycles. The van der Waals surface area contributed by atoms with E-state index in [4.69, 9.17) is 0 Å². The van der Waals surface area contributed by atoms with Crippen molar-refractivity contribution in [1.29, 1.82) is 0 Å². The summed E-state index contributed by atoms with van der Waals surface area (Å²) < 4.78 is 0. The van der Waals surface area contributed by atoms with E-state index in [9.17, 15) is 0 Å². The fourth-order valence-corrected chi connectivity index (χ4v) is 4.01. The molecule has 0 nitrogen and oxygen atoms in total. The zero-order chi connectivity index (χ0) is 19.7. The summed E-state index contributed by atoms with van der Waals surface area (Å²) >= 11 is 0. The summed E-state index contributed by atoms with van der Waals surface area (Å²) in [5.74, 6) is 0. The minimum atomic E-state index is 0.530. The van der Waals surface area contributed by atoms with Crippen LogP contribution < -0.4 is 0 Å². The van der Waals surface area contributed by atoms with Gasteiger partial charge in [0.1, 0.15) is 0 Å². The van der Waals surface area contributed by atoms with Crippen LogP contribution in [0.3, 0.4) is 0 Å². The summed E-state index contributed by atoms with van der Waals surface area (Å²) in [7, 11) is 0. The van der Waals surface area contributed by atoms with Crippen molar-refractivity contribution in [2.24, 2.45) is 10.8 Å². The molecule has 0 N–H and O–H groups in total. The van der Waals surface area contributed by atoms with E-state index in [0.717, 1.165) is 0 Å². The Bertz CT molecular complexity index is 281. The number of unbranched alkanes of at least 4 members (excludes halogenated alkanes) is 13. The van der Waals surface area contributed by atoms with Crippen molar-refractivity contribution in [2.45, 2.75) is 157 Å². The van der Waals surface area contributed by atoms with Gasteiger partial charge in [0.15, 0.2) is 0 Å². The average Bonchev–Trinajstić information content (AvgIpc) is 2.54. The molecule has 0 aromatic rings. The van der Waals surface area contributed by atoms with Gasteiger partial charge in [0.05, 0.1) is 0 Å². The molecule has 0 aromatic heterocycles. The maximum absolute atomic E-state index is 2.50. The van der Waals surface area contributed by atoms with Crippen molar-refractivity contribution in [3.63, 3.8) is 0 Å². The molecular formula is C26H54. The number of hydrogen-bond acceptors (Lipinski definition) is 0. The molecule has 0 unspecified atom stereocenters. The smallest absolute Gasteiger partial charge is 0.0354 e. The maximum Gasteiger partial charge on any atom is -0.0354 e. The highest BCUT2D eigenvalue weighted by atomic mass is 14.2. The molecule has 0 aliphatic carbocycles. The molecule has 0 atom stereocenters. The van der Waals surface area contributed by atoms with Crippen molar-refractivity contribution >= 4 is 0 Å². The Morgan fingerprint density at radius 2 is 0.692 bits per heavy atom. The van der Waals surface area contributed by atoms with Crippen LogP contribution in [0.4, 0.5) is 0 Å². The molecule has 158 valence electrons. The van der Waals surface area contributed by atoms with E-state index in [2.05, 4.69) is 41.5 Å². The van der Waals surface area contributed by atoms with E-state index < -0.39 is 0 Å². The van der Waals surface area contributed by atoms with E-state index in [1.165, 1.54) is 116 Å². The van der Waals surface area contributed by atoms with Crippen LogP contribution in [0.1, 0.15) is 157 Å². The lowest BCUT2D eigenvalue weighted by Crippen LogP contribution is -2.11. The highest BCUT2D eigenvalue weighted by Crippen LogP contribution is 2.30. The quantitative estimate of drug-likeness (QED) is 0.212. The topological polar surface area (TPSA) is 0 Å². The van der Waals surface area contributed by atoms with Gasteiger partial charge < -0.3 is 0 Å². The van der Waals surface area contributed by atoms with Crippen molar-refractivity contribution < 1.29 is 0 Å². The number of rotatable bonds is 18. The van der Waals surface area contributed by atoms with E-state index >= 15 is 0 Å². The normalized spacial score (nSPS) is 12.7. The molecule has 0 aliphatic heterocycles. The van der Waals surface area contributed by atoms with E-state index in [1.807, 2.05) is 0 Å². The van der Waals surface area contributed by atoms with E-state index in [1.54, 1.807) is 0 Å². The van der Waals surface area contributed by atoms with Gasteiger partial charge >= 0.3 is 0 Å². The standard InChI is InChI=1S/C26H54/c1-7-8-9-10-13-17-20-23-26(5,6)24-21-18-15-12-11-14-16-19-22-25(2,3)4/h7-24H2,1-6H3. The van der Waals surface area contributed by atoms with Gasteiger partial charge in [-0.3, -0.25) is 0 Å². The second-order valence-corrected chi connectivity index (χ2v) is 10.9. The van der Waals surface area contributed by atoms with Crippen molar-refractivity contribution in [3.05, 3.63) is 0 Å². The van der Waals surface area contributed by atoms with Crippen LogP contribution in [0.2, 0.25) is 0 Å². The predicted octanol–water partition coefficient (Wildman–Crippen LogP) is 10.1. The monoisotopic (exact) mass is 366 g/mol. The molecule has 0 spiro atoms. The SMILES string of the molecule is CCCCCCCCCC(C)(C)CCCCCCCCCCC(C)(C)C. The molecule has 0 amide bonds. The summed E-state index contributed by atoms with van der Waals surface area (Å²) in [4.78, 5) is 0. The van der Waals surface area contributed by atoms with Crippen LogP contribution in [0.25, 0.3) is 0 Å². The summed E-state index contributed by atoms with van der Waals surface area (Å²) in [6, 6.07) is 0. The van der Waals surface area contributed by atoms with Gasteiger partial charge in [-0.25, -0.2) is 0 Å². The third-order valence-electron chi connectivity index (χ3n) is 5.99. The molecule has 0 fully saturated rings. The van der Waals surface area contributed by atoms with E-state index in [0.29, 0.717) is 10.8 Å². The van der Waals surface area contributed by atoms with Crippen LogP contribution in [0.5, 0.6) is 0 Å². The van der Waals surface area contributed by atoms with Gasteiger partial charge in [0.25, 0.3) is 0 Å². The number of hydrogen-bond donors (Lipinski definition) is 0. The molecular weight excluding hydrogens is 312 g/mol. The first-order chi connectivity index (χ1) is 12.3. The summed E-state index contributed by atoms with van der Waals surface area (Å²) in [6.45, 7) is 14.4. The zero-order valence-electron chi connectivity index (χ0n) is 19.7. The molecule has 0 saturated heterocycles.